The van der Waals surface area contributed by atoms with Gasteiger partial charge in [0.2, 0.25) is 5.78 Å². The van der Waals surface area contributed by atoms with E-state index in [1.54, 1.807) is 4.90 Å². The fourth-order valence-corrected chi connectivity index (χ4v) is 8.19. The minimum atomic E-state index is -0.524. The lowest BCUT2D eigenvalue weighted by Crippen LogP contribution is -2.55. The summed E-state index contributed by atoms with van der Waals surface area (Å²) in [6.45, 7) is 0.903. The zero-order valence-corrected chi connectivity index (χ0v) is 20.4. The van der Waals surface area contributed by atoms with E-state index >= 15 is 0 Å². The van der Waals surface area contributed by atoms with E-state index in [0.717, 1.165) is 60.7 Å². The molecule has 8 nitrogen and oxygen atoms in total. The molecular formula is C28H31N5O3. The van der Waals surface area contributed by atoms with Gasteiger partial charge in [-0.3, -0.25) is 19.3 Å². The van der Waals surface area contributed by atoms with E-state index in [9.17, 15) is 14.7 Å². The molecule has 0 spiro atoms. The molecule has 3 heterocycles. The molecule has 0 aromatic carbocycles. The molecule has 6 aliphatic rings. The molecule has 2 aromatic rings. The van der Waals surface area contributed by atoms with Crippen molar-refractivity contribution in [1.82, 2.24) is 19.7 Å². The normalized spacial score (nSPS) is 32.7. The van der Waals surface area contributed by atoms with E-state index in [1.807, 2.05) is 6.20 Å². The van der Waals surface area contributed by atoms with E-state index in [2.05, 4.69) is 27.9 Å². The average molecular weight is 486 g/mol. The van der Waals surface area contributed by atoms with Gasteiger partial charge in [-0.1, -0.05) is 12.2 Å². The van der Waals surface area contributed by atoms with E-state index in [-0.39, 0.29) is 18.4 Å². The van der Waals surface area contributed by atoms with Crippen molar-refractivity contribution in [2.24, 2.45) is 23.7 Å². The van der Waals surface area contributed by atoms with Crippen molar-refractivity contribution in [3.05, 3.63) is 29.2 Å². The number of likely N-dealkylation sites (tertiary alicyclic amines) is 1. The molecular weight excluding hydrogens is 454 g/mol. The van der Waals surface area contributed by atoms with Crippen LogP contribution in [0.5, 0.6) is 0 Å². The number of fused-ring (bicyclic) bond motifs is 3. The fourth-order valence-electron chi connectivity index (χ4n) is 8.19. The van der Waals surface area contributed by atoms with Crippen LogP contribution in [0.4, 0.5) is 0 Å². The SMILES string of the molecule is N#CC1CCN(C(=O)C(=O)Cc2nn(C3[C@@H]4CC5C[C@H]3CC(O)(C5)C4)c3c4c(ncc23)CC=C4)CC1. The summed E-state index contributed by atoms with van der Waals surface area (Å²) in [5.74, 6) is 0.397. The van der Waals surface area contributed by atoms with Crippen LogP contribution >= 0.6 is 0 Å². The van der Waals surface area contributed by atoms with Gasteiger partial charge in [-0.25, -0.2) is 0 Å². The number of amides is 1. The van der Waals surface area contributed by atoms with E-state index in [1.165, 1.54) is 0 Å². The van der Waals surface area contributed by atoms with Crippen LogP contribution in [0.15, 0.2) is 12.3 Å². The fraction of sp³-hybridized carbons (Fsp3) is 0.607. The zero-order valence-electron chi connectivity index (χ0n) is 20.4. The van der Waals surface area contributed by atoms with Crippen LogP contribution in [0.1, 0.15) is 67.9 Å². The highest BCUT2D eigenvalue weighted by molar-refractivity contribution is 6.36. The van der Waals surface area contributed by atoms with Crippen LogP contribution in [0.25, 0.3) is 17.0 Å². The molecule has 4 saturated carbocycles. The topological polar surface area (TPSA) is 112 Å². The summed E-state index contributed by atoms with van der Waals surface area (Å²) in [5.41, 5.74) is 3.24. The Bertz CT molecular complexity index is 1330. The quantitative estimate of drug-likeness (QED) is 0.667. The number of allylic oxidation sites excluding steroid dienone is 1. The van der Waals surface area contributed by atoms with Gasteiger partial charge < -0.3 is 10.0 Å². The van der Waals surface area contributed by atoms with Crippen molar-refractivity contribution in [2.75, 3.05) is 13.1 Å². The Labute approximate surface area is 210 Å². The van der Waals surface area contributed by atoms with Crippen LogP contribution in [0, 0.1) is 35.0 Å². The van der Waals surface area contributed by atoms with E-state index < -0.39 is 17.3 Å². The molecule has 1 amide bonds. The minimum Gasteiger partial charge on any atom is -0.390 e. The van der Waals surface area contributed by atoms with E-state index in [0.29, 0.717) is 49.4 Å². The first-order valence-corrected chi connectivity index (χ1v) is 13.4. The zero-order chi connectivity index (χ0) is 24.6. The van der Waals surface area contributed by atoms with Crippen molar-refractivity contribution >= 4 is 28.7 Å². The Hall–Kier alpha value is -3.05. The predicted molar refractivity (Wildman–Crippen MR) is 131 cm³/mol. The summed E-state index contributed by atoms with van der Waals surface area (Å²) in [7, 11) is 0. The number of rotatable bonds is 4. The number of Topliss-reactive ketones (excluding diaryl/α,β-unsaturated/α-hetero) is 1. The lowest BCUT2D eigenvalue weighted by atomic mass is 9.52. The Morgan fingerprint density at radius 2 is 1.92 bits per heavy atom. The first-order chi connectivity index (χ1) is 17.4. The van der Waals surface area contributed by atoms with E-state index in [4.69, 9.17) is 10.4 Å². The summed E-state index contributed by atoms with van der Waals surface area (Å²) in [6.07, 6.45) is 12.9. The molecule has 5 atom stereocenters. The number of carbonyl (C=O) groups is 2. The van der Waals surface area contributed by atoms with Crippen LogP contribution in [0.3, 0.4) is 0 Å². The van der Waals surface area contributed by atoms with Crippen molar-refractivity contribution < 1.29 is 14.7 Å². The Kier molecular flexibility index (Phi) is 4.91. The number of aliphatic hydroxyl groups is 1. The van der Waals surface area contributed by atoms with Crippen LogP contribution in [0.2, 0.25) is 0 Å². The highest BCUT2D eigenvalue weighted by Crippen LogP contribution is 2.60. The number of nitrogens with zero attached hydrogens (tertiary/aromatic N) is 5. The Morgan fingerprint density at radius 1 is 1.17 bits per heavy atom. The maximum absolute atomic E-state index is 13.1. The van der Waals surface area contributed by atoms with Gasteiger partial charge in [0.1, 0.15) is 0 Å². The standard InChI is InChI=1S/C28H31N5O3/c29-14-16-4-6-32(7-5-16)27(35)24(34)10-23-21-15-30-22-3-1-2-20(22)26(21)33(31-23)25-18-8-17-9-19(25)13-28(36,11-17)12-18/h1-2,15-19,25,36H,3-13H2/t17?,18-,19+,25?,28?. The molecule has 186 valence electrons. The summed E-state index contributed by atoms with van der Waals surface area (Å²) >= 11 is 0. The number of pyridine rings is 1. The first kappa shape index (κ1) is 22.2. The van der Waals surface area contributed by atoms with Gasteiger partial charge in [-0.15, -0.1) is 0 Å². The highest BCUT2D eigenvalue weighted by Gasteiger charge is 2.56. The maximum atomic E-state index is 13.1. The predicted octanol–water partition coefficient (Wildman–Crippen LogP) is 2.99. The molecule has 4 bridgehead atoms. The molecule has 3 unspecified atom stereocenters. The van der Waals surface area contributed by atoms with Gasteiger partial charge in [0, 0.05) is 42.6 Å². The summed E-state index contributed by atoms with van der Waals surface area (Å²) in [5, 5.41) is 26.2. The molecule has 1 aliphatic heterocycles. The Balaban J connectivity index is 1.23. The Morgan fingerprint density at radius 3 is 2.61 bits per heavy atom. The van der Waals surface area contributed by atoms with Crippen molar-refractivity contribution in [3.8, 4) is 6.07 Å². The smallest absolute Gasteiger partial charge is 0.290 e. The molecule has 1 saturated heterocycles. The average Bonchev–Trinajstić information content (AvgIpc) is 3.47. The number of hydrogen-bond acceptors (Lipinski definition) is 6. The lowest BCUT2D eigenvalue weighted by molar-refractivity contribution is -0.148. The van der Waals surface area contributed by atoms with Crippen LogP contribution in [-0.2, 0) is 22.4 Å². The maximum Gasteiger partial charge on any atom is 0.290 e. The largest absolute Gasteiger partial charge is 0.390 e. The van der Waals surface area contributed by atoms with Crippen LogP contribution < -0.4 is 0 Å². The lowest BCUT2D eigenvalue weighted by Gasteiger charge is -2.58. The van der Waals surface area contributed by atoms with Crippen molar-refractivity contribution in [3.63, 3.8) is 0 Å². The summed E-state index contributed by atoms with van der Waals surface area (Å²) in [4.78, 5) is 32.4. The highest BCUT2D eigenvalue weighted by atomic mass is 16.3. The summed E-state index contributed by atoms with van der Waals surface area (Å²) in [6, 6.07) is 2.47. The number of aromatic nitrogens is 3. The van der Waals surface area contributed by atoms with Gasteiger partial charge in [0.15, 0.2) is 0 Å². The van der Waals surface area contributed by atoms with Crippen LogP contribution in [-0.4, -0.2) is 55.2 Å². The molecule has 8 heteroatoms. The van der Waals surface area contributed by atoms with Gasteiger partial charge in [-0.2, -0.15) is 10.4 Å². The van der Waals surface area contributed by atoms with Crippen molar-refractivity contribution in [2.45, 2.75) is 69.4 Å². The first-order valence-electron chi connectivity index (χ1n) is 13.4. The van der Waals surface area contributed by atoms with Gasteiger partial charge >= 0.3 is 0 Å². The second kappa shape index (κ2) is 7.97. The third kappa shape index (κ3) is 3.36. The van der Waals surface area contributed by atoms with Crippen molar-refractivity contribution in [1.29, 1.82) is 5.26 Å². The van der Waals surface area contributed by atoms with Gasteiger partial charge in [0.25, 0.3) is 5.91 Å². The number of ketones is 1. The molecule has 0 radical (unpaired) electrons. The molecule has 5 aliphatic carbocycles. The number of piperidine rings is 1. The number of nitriles is 1. The minimum absolute atomic E-state index is 0.0379. The number of hydrogen-bond donors (Lipinski definition) is 1. The third-order valence-corrected chi connectivity index (χ3v) is 9.54. The van der Waals surface area contributed by atoms with Gasteiger partial charge in [-0.05, 0) is 62.7 Å². The second-order valence-corrected chi connectivity index (χ2v) is 11.9. The monoisotopic (exact) mass is 485 g/mol. The summed E-state index contributed by atoms with van der Waals surface area (Å²) < 4.78 is 2.16. The molecule has 36 heavy (non-hydrogen) atoms. The molecule has 1 N–H and O–H groups in total. The second-order valence-electron chi connectivity index (χ2n) is 11.9. The van der Waals surface area contributed by atoms with Gasteiger partial charge in [0.05, 0.1) is 41.0 Å². The molecule has 5 fully saturated rings. The number of carbonyl (C=O) groups excluding carboxylic acids is 2. The third-order valence-electron chi connectivity index (χ3n) is 9.54. The molecule has 8 rings (SSSR count). The molecule has 2 aromatic heterocycles.